The maximum Gasteiger partial charge on any atom is 0.338 e. The predicted molar refractivity (Wildman–Crippen MR) is 97.7 cm³/mol. The zero-order valence-electron chi connectivity index (χ0n) is 15.4. The molecule has 0 bridgehead atoms. The number of aromatic nitrogens is 3. The van der Waals surface area contributed by atoms with Crippen molar-refractivity contribution < 1.29 is 14.3 Å². The van der Waals surface area contributed by atoms with Crippen molar-refractivity contribution in [2.45, 2.75) is 71.1 Å². The Morgan fingerprint density at radius 2 is 2.00 bits per heavy atom. The lowest BCUT2D eigenvalue weighted by molar-refractivity contribution is -0.129. The Hall–Kier alpha value is -2.44. The smallest absolute Gasteiger partial charge is 0.338 e. The molecule has 1 aromatic carbocycles. The van der Waals surface area contributed by atoms with Gasteiger partial charge < -0.3 is 10.1 Å². The van der Waals surface area contributed by atoms with Crippen molar-refractivity contribution in [2.75, 3.05) is 0 Å². The van der Waals surface area contributed by atoms with Gasteiger partial charge in [0.05, 0.1) is 11.1 Å². The fourth-order valence-electron chi connectivity index (χ4n) is 3.36. The second-order valence-corrected chi connectivity index (χ2v) is 6.85. The minimum Gasteiger partial charge on any atom is -0.449 e. The minimum absolute atomic E-state index is 0.187. The van der Waals surface area contributed by atoms with Gasteiger partial charge in [-0.15, -0.1) is 5.10 Å². The van der Waals surface area contributed by atoms with Crippen molar-refractivity contribution in [3.63, 3.8) is 0 Å². The van der Waals surface area contributed by atoms with Crippen LogP contribution in [0.4, 0.5) is 0 Å². The van der Waals surface area contributed by atoms with E-state index < -0.39 is 12.1 Å². The molecule has 0 unspecified atom stereocenters. The Morgan fingerprint density at radius 1 is 1.27 bits per heavy atom. The molecule has 140 valence electrons. The van der Waals surface area contributed by atoms with Crippen LogP contribution in [0.3, 0.4) is 0 Å². The topological polar surface area (TPSA) is 86.1 Å². The molecule has 7 heteroatoms. The highest BCUT2D eigenvalue weighted by molar-refractivity contribution is 5.95. The lowest BCUT2D eigenvalue weighted by atomic mass is 10.1. The van der Waals surface area contributed by atoms with Crippen LogP contribution < -0.4 is 5.32 Å². The molecule has 0 radical (unpaired) electrons. The quantitative estimate of drug-likeness (QED) is 0.656. The molecular weight excluding hydrogens is 332 g/mol. The molecule has 2 aromatic rings. The molecular formula is C19H26N4O3. The van der Waals surface area contributed by atoms with Gasteiger partial charge in [-0.25, -0.2) is 9.48 Å². The lowest BCUT2D eigenvalue weighted by Gasteiger charge is -2.19. The SMILES string of the molecule is CCn1nnc2cc(C(=O)O[C@H](C)C(=O)NC3CCCCCC3)ccc21. The normalized spacial score (nSPS) is 16.8. The molecule has 1 saturated carbocycles. The molecule has 7 nitrogen and oxygen atoms in total. The van der Waals surface area contributed by atoms with Gasteiger partial charge in [0.25, 0.3) is 5.91 Å². The summed E-state index contributed by atoms with van der Waals surface area (Å²) in [4.78, 5) is 24.7. The molecule has 26 heavy (non-hydrogen) atoms. The summed E-state index contributed by atoms with van der Waals surface area (Å²) < 4.78 is 7.10. The number of fused-ring (bicyclic) bond motifs is 1. The van der Waals surface area contributed by atoms with Gasteiger partial charge in [-0.05, 0) is 44.9 Å². The van der Waals surface area contributed by atoms with Crippen LogP contribution >= 0.6 is 0 Å². The Morgan fingerprint density at radius 3 is 2.69 bits per heavy atom. The Balaban J connectivity index is 1.60. The van der Waals surface area contributed by atoms with Crippen molar-refractivity contribution in [1.29, 1.82) is 0 Å². The standard InChI is InChI=1S/C19H26N4O3/c1-3-23-17-11-10-14(12-16(17)21-22-23)19(25)26-13(2)18(24)20-15-8-6-4-5-7-9-15/h10-13,15H,3-9H2,1-2H3,(H,20,24)/t13-/m1/s1. The van der Waals surface area contributed by atoms with Gasteiger partial charge in [0.1, 0.15) is 5.52 Å². The van der Waals surface area contributed by atoms with E-state index in [1.54, 1.807) is 29.8 Å². The summed E-state index contributed by atoms with van der Waals surface area (Å²) in [6, 6.07) is 5.31. The molecule has 1 amide bonds. The second-order valence-electron chi connectivity index (χ2n) is 6.85. The lowest BCUT2D eigenvalue weighted by Crippen LogP contribution is -2.41. The summed E-state index contributed by atoms with van der Waals surface area (Å²) in [5.41, 5.74) is 1.87. The van der Waals surface area contributed by atoms with Crippen LogP contribution in [0.2, 0.25) is 0 Å². The van der Waals surface area contributed by atoms with E-state index >= 15 is 0 Å². The molecule has 0 aliphatic heterocycles. The minimum atomic E-state index is -0.826. The Kier molecular flexibility index (Phi) is 5.85. The first-order chi connectivity index (χ1) is 12.6. The van der Waals surface area contributed by atoms with Gasteiger partial charge >= 0.3 is 5.97 Å². The van der Waals surface area contributed by atoms with Gasteiger partial charge in [0.15, 0.2) is 6.10 Å². The number of hydrogen-bond donors (Lipinski definition) is 1. The molecule has 1 atom stereocenters. The van der Waals surface area contributed by atoms with Crippen molar-refractivity contribution in [1.82, 2.24) is 20.3 Å². The Bertz CT molecular complexity index is 778. The molecule has 1 fully saturated rings. The van der Waals surface area contributed by atoms with Gasteiger partial charge in [0, 0.05) is 12.6 Å². The van der Waals surface area contributed by atoms with Crippen LogP contribution in [0.1, 0.15) is 62.7 Å². The third-order valence-corrected chi connectivity index (χ3v) is 4.90. The molecule has 1 aromatic heterocycles. The van der Waals surface area contributed by atoms with Crippen molar-refractivity contribution in [3.8, 4) is 0 Å². The first-order valence-electron chi connectivity index (χ1n) is 9.43. The van der Waals surface area contributed by atoms with Crippen LogP contribution in [0.15, 0.2) is 18.2 Å². The van der Waals surface area contributed by atoms with Crippen molar-refractivity contribution in [2.24, 2.45) is 0 Å². The van der Waals surface area contributed by atoms with Crippen LogP contribution in [0, 0.1) is 0 Å². The monoisotopic (exact) mass is 358 g/mol. The molecule has 0 saturated heterocycles. The largest absolute Gasteiger partial charge is 0.449 e. The highest BCUT2D eigenvalue weighted by Crippen LogP contribution is 2.18. The van der Waals surface area contributed by atoms with E-state index in [0.29, 0.717) is 17.6 Å². The molecule has 1 N–H and O–H groups in total. The van der Waals surface area contributed by atoms with Crippen LogP contribution in [0.5, 0.6) is 0 Å². The summed E-state index contributed by atoms with van der Waals surface area (Å²) in [6.07, 6.45) is 5.89. The molecule has 1 heterocycles. The van der Waals surface area contributed by atoms with Crippen molar-refractivity contribution >= 4 is 22.9 Å². The first-order valence-corrected chi connectivity index (χ1v) is 9.43. The molecule has 1 aliphatic carbocycles. The summed E-state index contributed by atoms with van der Waals surface area (Å²) in [6.45, 7) is 4.29. The highest BCUT2D eigenvalue weighted by atomic mass is 16.5. The number of amides is 1. The number of rotatable bonds is 5. The number of carbonyl (C=O) groups excluding carboxylic acids is 2. The first kappa shape index (κ1) is 18.4. The Labute approximate surface area is 153 Å². The molecule has 3 rings (SSSR count). The van der Waals surface area contributed by atoms with Gasteiger partial charge in [0.2, 0.25) is 0 Å². The van der Waals surface area contributed by atoms with Crippen LogP contribution in [0.25, 0.3) is 11.0 Å². The van der Waals surface area contributed by atoms with E-state index in [-0.39, 0.29) is 11.9 Å². The maximum atomic E-state index is 12.4. The number of nitrogens with zero attached hydrogens (tertiary/aromatic N) is 3. The number of hydrogen-bond acceptors (Lipinski definition) is 5. The number of nitrogens with one attached hydrogen (secondary N) is 1. The number of benzene rings is 1. The van der Waals surface area contributed by atoms with Gasteiger partial charge in [-0.2, -0.15) is 0 Å². The third kappa shape index (κ3) is 4.20. The molecule has 1 aliphatic rings. The maximum absolute atomic E-state index is 12.4. The van der Waals surface area contributed by atoms with E-state index in [4.69, 9.17) is 4.74 Å². The van der Waals surface area contributed by atoms with E-state index in [9.17, 15) is 9.59 Å². The number of ether oxygens (including phenoxy) is 1. The zero-order chi connectivity index (χ0) is 18.5. The van der Waals surface area contributed by atoms with E-state index in [1.807, 2.05) is 6.92 Å². The van der Waals surface area contributed by atoms with Crippen LogP contribution in [-0.2, 0) is 16.1 Å². The van der Waals surface area contributed by atoms with Gasteiger partial charge in [-0.3, -0.25) is 4.79 Å². The fourth-order valence-corrected chi connectivity index (χ4v) is 3.36. The summed E-state index contributed by atoms with van der Waals surface area (Å²) in [5.74, 6) is -0.760. The van der Waals surface area contributed by atoms with E-state index in [1.165, 1.54) is 12.8 Å². The number of carbonyl (C=O) groups is 2. The van der Waals surface area contributed by atoms with Gasteiger partial charge in [-0.1, -0.05) is 30.9 Å². The third-order valence-electron chi connectivity index (χ3n) is 4.90. The summed E-state index contributed by atoms with van der Waals surface area (Å²) in [5, 5.41) is 11.1. The summed E-state index contributed by atoms with van der Waals surface area (Å²) >= 11 is 0. The van der Waals surface area contributed by atoms with E-state index in [2.05, 4.69) is 15.6 Å². The predicted octanol–water partition coefficient (Wildman–Crippen LogP) is 2.84. The van der Waals surface area contributed by atoms with E-state index in [0.717, 1.165) is 31.2 Å². The number of esters is 1. The fraction of sp³-hybridized carbons (Fsp3) is 0.579. The van der Waals surface area contributed by atoms with Crippen molar-refractivity contribution in [3.05, 3.63) is 23.8 Å². The number of aryl methyl sites for hydroxylation is 1. The zero-order valence-corrected chi connectivity index (χ0v) is 15.4. The van der Waals surface area contributed by atoms with Crippen LogP contribution in [-0.4, -0.2) is 39.0 Å². The summed E-state index contributed by atoms with van der Waals surface area (Å²) in [7, 11) is 0. The average Bonchev–Trinajstić information content (AvgIpc) is 2.88. The second kappa shape index (κ2) is 8.29. The molecule has 0 spiro atoms. The average molecular weight is 358 g/mol. The highest BCUT2D eigenvalue weighted by Gasteiger charge is 2.22.